The fourth-order valence-corrected chi connectivity index (χ4v) is 3.20. The van der Waals surface area contributed by atoms with Crippen molar-refractivity contribution in [3.05, 3.63) is 0 Å². The lowest BCUT2D eigenvalue weighted by Gasteiger charge is -2.61. The van der Waals surface area contributed by atoms with Gasteiger partial charge in [-0.2, -0.15) is 0 Å². The number of rotatable bonds is 8. The third-order valence-electron chi connectivity index (χ3n) is 4.31. The van der Waals surface area contributed by atoms with Gasteiger partial charge >= 0.3 is 0 Å². The van der Waals surface area contributed by atoms with Crippen molar-refractivity contribution in [3.8, 4) is 0 Å². The molecule has 0 heterocycles. The second-order valence-electron chi connectivity index (χ2n) is 5.11. The van der Waals surface area contributed by atoms with Crippen molar-refractivity contribution in [1.29, 1.82) is 0 Å². The van der Waals surface area contributed by atoms with Gasteiger partial charge in [0.2, 0.25) is 0 Å². The van der Waals surface area contributed by atoms with Crippen LogP contribution in [0.4, 0.5) is 0 Å². The van der Waals surface area contributed by atoms with Gasteiger partial charge in [-0.1, -0.05) is 6.42 Å². The molecule has 0 amide bonds. The summed E-state index contributed by atoms with van der Waals surface area (Å²) >= 11 is 0. The van der Waals surface area contributed by atoms with E-state index in [9.17, 15) is 0 Å². The van der Waals surface area contributed by atoms with E-state index in [4.69, 9.17) is 14.6 Å². The SMILES string of the molecule is CCOC1CC(NCCOCCO)C12CCC2. The minimum atomic E-state index is 0.111. The van der Waals surface area contributed by atoms with E-state index in [0.717, 1.165) is 19.6 Å². The Balaban J connectivity index is 1.65. The third kappa shape index (κ3) is 2.65. The van der Waals surface area contributed by atoms with Crippen LogP contribution in [0.15, 0.2) is 0 Å². The Morgan fingerprint density at radius 2 is 2.18 bits per heavy atom. The summed E-state index contributed by atoms with van der Waals surface area (Å²) in [6.45, 7) is 5.03. The molecule has 2 saturated carbocycles. The summed E-state index contributed by atoms with van der Waals surface area (Å²) in [5.74, 6) is 0. The van der Waals surface area contributed by atoms with Crippen LogP contribution in [0.2, 0.25) is 0 Å². The average molecular weight is 243 g/mol. The summed E-state index contributed by atoms with van der Waals surface area (Å²) in [4.78, 5) is 0. The zero-order valence-electron chi connectivity index (χ0n) is 10.8. The molecule has 0 aromatic carbocycles. The van der Waals surface area contributed by atoms with E-state index >= 15 is 0 Å². The standard InChI is InChI=1S/C13H25NO3/c1-2-17-12-10-11(13(12)4-3-5-13)14-6-8-16-9-7-15/h11-12,14-15H,2-10H2,1H3. The Bertz CT molecular complexity index is 231. The Kier molecular flexibility index (Phi) is 4.79. The van der Waals surface area contributed by atoms with Gasteiger partial charge in [-0.05, 0) is 26.2 Å². The van der Waals surface area contributed by atoms with Crippen LogP contribution in [0.3, 0.4) is 0 Å². The molecule has 1 spiro atoms. The van der Waals surface area contributed by atoms with Gasteiger partial charge in [-0.3, -0.25) is 0 Å². The number of nitrogens with one attached hydrogen (secondary N) is 1. The highest BCUT2D eigenvalue weighted by Crippen LogP contribution is 2.57. The van der Waals surface area contributed by atoms with E-state index in [1.807, 2.05) is 0 Å². The number of aliphatic hydroxyl groups excluding tert-OH is 1. The van der Waals surface area contributed by atoms with Gasteiger partial charge in [0.1, 0.15) is 0 Å². The molecule has 2 N–H and O–H groups in total. The smallest absolute Gasteiger partial charge is 0.0698 e. The second-order valence-corrected chi connectivity index (χ2v) is 5.11. The summed E-state index contributed by atoms with van der Waals surface area (Å²) in [6.07, 6.45) is 5.60. The number of aliphatic hydroxyl groups is 1. The lowest BCUT2D eigenvalue weighted by atomic mass is 9.51. The Morgan fingerprint density at radius 1 is 1.35 bits per heavy atom. The molecule has 2 atom stereocenters. The Morgan fingerprint density at radius 3 is 2.76 bits per heavy atom. The molecule has 0 aliphatic heterocycles. The van der Waals surface area contributed by atoms with Crippen molar-refractivity contribution in [3.63, 3.8) is 0 Å². The molecule has 100 valence electrons. The van der Waals surface area contributed by atoms with Crippen LogP contribution in [0.5, 0.6) is 0 Å². The monoisotopic (exact) mass is 243 g/mol. The molecule has 17 heavy (non-hydrogen) atoms. The molecule has 0 aromatic heterocycles. The van der Waals surface area contributed by atoms with Crippen LogP contribution in [-0.4, -0.2) is 50.2 Å². The summed E-state index contributed by atoms with van der Waals surface area (Å²) in [7, 11) is 0. The van der Waals surface area contributed by atoms with E-state index in [2.05, 4.69) is 12.2 Å². The first-order valence-corrected chi connectivity index (χ1v) is 6.87. The van der Waals surface area contributed by atoms with Gasteiger partial charge in [0.25, 0.3) is 0 Å². The quantitative estimate of drug-likeness (QED) is 0.623. The minimum absolute atomic E-state index is 0.111. The maximum atomic E-state index is 8.59. The van der Waals surface area contributed by atoms with E-state index in [1.165, 1.54) is 19.3 Å². The number of hydrogen-bond acceptors (Lipinski definition) is 4. The van der Waals surface area contributed by atoms with Crippen molar-refractivity contribution in [1.82, 2.24) is 5.32 Å². The van der Waals surface area contributed by atoms with Crippen LogP contribution < -0.4 is 5.32 Å². The maximum absolute atomic E-state index is 8.59. The molecule has 2 fully saturated rings. The van der Waals surface area contributed by atoms with Gasteiger partial charge in [-0.15, -0.1) is 0 Å². The first-order valence-electron chi connectivity index (χ1n) is 6.87. The molecule has 4 nitrogen and oxygen atoms in total. The maximum Gasteiger partial charge on any atom is 0.0698 e. The number of hydrogen-bond donors (Lipinski definition) is 2. The molecular formula is C13H25NO3. The van der Waals surface area contributed by atoms with Crippen LogP contribution >= 0.6 is 0 Å². The van der Waals surface area contributed by atoms with E-state index in [0.29, 0.717) is 30.8 Å². The predicted molar refractivity (Wildman–Crippen MR) is 66.0 cm³/mol. The fourth-order valence-electron chi connectivity index (χ4n) is 3.20. The van der Waals surface area contributed by atoms with Crippen molar-refractivity contribution in [2.45, 2.75) is 44.8 Å². The van der Waals surface area contributed by atoms with Crippen LogP contribution in [0.1, 0.15) is 32.6 Å². The van der Waals surface area contributed by atoms with Gasteiger partial charge in [0.05, 0.1) is 25.9 Å². The van der Waals surface area contributed by atoms with Crippen molar-refractivity contribution in [2.75, 3.05) is 33.0 Å². The third-order valence-corrected chi connectivity index (χ3v) is 4.31. The first kappa shape index (κ1) is 13.3. The molecule has 2 rings (SSSR count). The average Bonchev–Trinajstić information content (AvgIpc) is 2.23. The summed E-state index contributed by atoms with van der Waals surface area (Å²) < 4.78 is 11.1. The fraction of sp³-hybridized carbons (Fsp3) is 1.00. The molecule has 2 aliphatic carbocycles. The zero-order chi connectivity index (χ0) is 12.1. The lowest BCUT2D eigenvalue weighted by molar-refractivity contribution is -0.173. The minimum Gasteiger partial charge on any atom is -0.394 e. The normalized spacial score (nSPS) is 30.0. The summed E-state index contributed by atoms with van der Waals surface area (Å²) in [6, 6.07) is 0.616. The zero-order valence-corrected chi connectivity index (χ0v) is 10.8. The van der Waals surface area contributed by atoms with E-state index < -0.39 is 0 Å². The molecule has 0 radical (unpaired) electrons. The lowest BCUT2D eigenvalue weighted by Crippen LogP contribution is -2.67. The molecule has 2 unspecified atom stereocenters. The summed E-state index contributed by atoms with van der Waals surface area (Å²) in [5, 5.41) is 12.2. The largest absolute Gasteiger partial charge is 0.394 e. The first-order chi connectivity index (χ1) is 8.33. The van der Waals surface area contributed by atoms with E-state index in [1.54, 1.807) is 0 Å². The molecule has 4 heteroatoms. The van der Waals surface area contributed by atoms with Crippen LogP contribution in [-0.2, 0) is 9.47 Å². The molecule has 0 saturated heterocycles. The molecule has 2 aliphatic rings. The van der Waals surface area contributed by atoms with E-state index in [-0.39, 0.29) is 6.61 Å². The molecule has 0 aromatic rings. The predicted octanol–water partition coefficient (Wildman–Crippen LogP) is 0.933. The van der Waals surface area contributed by atoms with Gasteiger partial charge in [0.15, 0.2) is 0 Å². The van der Waals surface area contributed by atoms with Gasteiger partial charge in [0, 0.05) is 24.6 Å². The highest BCUT2D eigenvalue weighted by atomic mass is 16.5. The van der Waals surface area contributed by atoms with Crippen molar-refractivity contribution >= 4 is 0 Å². The highest BCUT2D eigenvalue weighted by Gasteiger charge is 2.58. The highest BCUT2D eigenvalue weighted by molar-refractivity contribution is 5.12. The van der Waals surface area contributed by atoms with Crippen LogP contribution in [0.25, 0.3) is 0 Å². The topological polar surface area (TPSA) is 50.7 Å². The van der Waals surface area contributed by atoms with Crippen LogP contribution in [0, 0.1) is 5.41 Å². The van der Waals surface area contributed by atoms with Gasteiger partial charge < -0.3 is 19.9 Å². The number of ether oxygens (including phenoxy) is 2. The summed E-state index contributed by atoms with van der Waals surface area (Å²) in [5.41, 5.74) is 0.437. The van der Waals surface area contributed by atoms with Crippen molar-refractivity contribution < 1.29 is 14.6 Å². The molecular weight excluding hydrogens is 218 g/mol. The Labute approximate surface area is 104 Å². The van der Waals surface area contributed by atoms with Crippen molar-refractivity contribution in [2.24, 2.45) is 5.41 Å². The second kappa shape index (κ2) is 6.14. The molecule has 0 bridgehead atoms. The van der Waals surface area contributed by atoms with Gasteiger partial charge in [-0.25, -0.2) is 0 Å². The Hall–Kier alpha value is -0.160.